The lowest BCUT2D eigenvalue weighted by Crippen LogP contribution is -2.44. The fraction of sp³-hybridized carbons (Fsp3) is 0.722. The number of aromatic nitrogens is 2. The van der Waals surface area contributed by atoms with Crippen LogP contribution in [-0.4, -0.2) is 66.0 Å². The molecule has 0 spiro atoms. The molecule has 1 saturated heterocycles. The molecule has 8 nitrogen and oxygen atoms in total. The number of hydrogen-bond donors (Lipinski definition) is 1. The van der Waals surface area contributed by atoms with Crippen LogP contribution in [0.3, 0.4) is 0 Å². The molecule has 2 amide bonds. The highest BCUT2D eigenvalue weighted by atomic mass is 16.5. The number of rotatable bonds is 7. The van der Waals surface area contributed by atoms with Crippen LogP contribution in [0.5, 0.6) is 0 Å². The zero-order valence-electron chi connectivity index (χ0n) is 15.4. The van der Waals surface area contributed by atoms with Crippen LogP contribution in [0.25, 0.3) is 0 Å². The van der Waals surface area contributed by atoms with Crippen LogP contribution in [0.1, 0.15) is 37.9 Å². The number of carbonyl (C=O) groups excluding carboxylic acids is 2. The number of amides is 2. The first-order valence-corrected chi connectivity index (χ1v) is 9.39. The van der Waals surface area contributed by atoms with Crippen LogP contribution >= 0.6 is 0 Å². The van der Waals surface area contributed by atoms with E-state index in [1.807, 2.05) is 17.7 Å². The van der Waals surface area contributed by atoms with Crippen molar-refractivity contribution in [3.8, 4) is 0 Å². The molecule has 0 aromatic carbocycles. The Morgan fingerprint density at radius 1 is 1.38 bits per heavy atom. The van der Waals surface area contributed by atoms with Crippen molar-refractivity contribution in [2.24, 2.45) is 5.92 Å². The second kappa shape index (κ2) is 9.14. The average Bonchev–Trinajstić information content (AvgIpc) is 3.14. The van der Waals surface area contributed by atoms with Gasteiger partial charge < -0.3 is 19.7 Å². The highest BCUT2D eigenvalue weighted by Crippen LogP contribution is 2.23. The Labute approximate surface area is 153 Å². The normalized spacial score (nSPS) is 20.7. The van der Waals surface area contributed by atoms with E-state index in [0.29, 0.717) is 38.6 Å². The van der Waals surface area contributed by atoms with Crippen LogP contribution in [0.2, 0.25) is 0 Å². The third-order valence-electron chi connectivity index (χ3n) is 5.01. The number of nitrogens with one attached hydrogen (secondary N) is 1. The van der Waals surface area contributed by atoms with Crippen molar-refractivity contribution in [2.75, 3.05) is 39.5 Å². The molecule has 1 fully saturated rings. The van der Waals surface area contributed by atoms with Gasteiger partial charge in [-0.05, 0) is 31.7 Å². The molecule has 144 valence electrons. The number of fused-ring (bicyclic) bond motifs is 1. The van der Waals surface area contributed by atoms with Gasteiger partial charge in [0.1, 0.15) is 6.61 Å². The minimum absolute atomic E-state index is 0.00190. The van der Waals surface area contributed by atoms with Gasteiger partial charge in [-0.2, -0.15) is 5.10 Å². The van der Waals surface area contributed by atoms with Gasteiger partial charge in [0.25, 0.3) is 0 Å². The maximum Gasteiger partial charge on any atom is 0.248 e. The second-order valence-electron chi connectivity index (χ2n) is 6.90. The lowest BCUT2D eigenvalue weighted by atomic mass is 10.0. The predicted octanol–water partition coefficient (Wildman–Crippen LogP) is 0.736. The molecule has 26 heavy (non-hydrogen) atoms. The lowest BCUT2D eigenvalue weighted by Gasteiger charge is -2.33. The summed E-state index contributed by atoms with van der Waals surface area (Å²) in [4.78, 5) is 26.5. The van der Waals surface area contributed by atoms with E-state index < -0.39 is 0 Å². The van der Waals surface area contributed by atoms with Crippen molar-refractivity contribution in [3.05, 3.63) is 18.0 Å². The summed E-state index contributed by atoms with van der Waals surface area (Å²) in [5, 5.41) is 7.39. The maximum absolute atomic E-state index is 12.4. The van der Waals surface area contributed by atoms with Crippen LogP contribution in [0.15, 0.2) is 12.3 Å². The Bertz CT molecular complexity index is 612. The third kappa shape index (κ3) is 4.82. The van der Waals surface area contributed by atoms with Crippen LogP contribution in [0, 0.1) is 5.92 Å². The summed E-state index contributed by atoms with van der Waals surface area (Å²) >= 11 is 0. The first-order chi connectivity index (χ1) is 12.7. The molecule has 1 aromatic heterocycles. The summed E-state index contributed by atoms with van der Waals surface area (Å²) in [6.07, 6.45) is 4.02. The van der Waals surface area contributed by atoms with E-state index in [2.05, 4.69) is 10.4 Å². The highest BCUT2D eigenvalue weighted by Gasteiger charge is 2.30. The van der Waals surface area contributed by atoms with Gasteiger partial charge in [-0.25, -0.2) is 0 Å². The highest BCUT2D eigenvalue weighted by molar-refractivity contribution is 5.78. The summed E-state index contributed by atoms with van der Waals surface area (Å²) in [5.74, 6) is 0.442. The molecule has 0 aliphatic carbocycles. The zero-order chi connectivity index (χ0) is 18.4. The largest absolute Gasteiger partial charge is 0.381 e. The van der Waals surface area contributed by atoms with Gasteiger partial charge in [0, 0.05) is 39.1 Å². The number of hydrogen-bond acceptors (Lipinski definition) is 5. The topological polar surface area (TPSA) is 85.7 Å². The standard InChI is InChI=1S/C18H28N4O4/c1-2-25-13-18(24)21-11-15-3-6-20-22(15)16(12-21)9-17(23)19-10-14-4-7-26-8-5-14/h3,6,14,16H,2,4-5,7-13H2,1H3,(H,19,23). The third-order valence-corrected chi connectivity index (χ3v) is 5.01. The molecular weight excluding hydrogens is 336 g/mol. The van der Waals surface area contributed by atoms with Gasteiger partial charge in [0.05, 0.1) is 24.7 Å². The first-order valence-electron chi connectivity index (χ1n) is 9.39. The summed E-state index contributed by atoms with van der Waals surface area (Å²) in [7, 11) is 0. The molecule has 1 unspecified atom stereocenters. The molecule has 3 rings (SSSR count). The average molecular weight is 364 g/mol. The predicted molar refractivity (Wildman–Crippen MR) is 94.3 cm³/mol. The monoisotopic (exact) mass is 364 g/mol. The Morgan fingerprint density at radius 2 is 2.19 bits per heavy atom. The van der Waals surface area contributed by atoms with E-state index in [-0.39, 0.29) is 24.5 Å². The van der Waals surface area contributed by atoms with E-state index in [0.717, 1.165) is 31.7 Å². The van der Waals surface area contributed by atoms with Gasteiger partial charge in [0.2, 0.25) is 11.8 Å². The minimum atomic E-state index is -0.144. The van der Waals surface area contributed by atoms with E-state index >= 15 is 0 Å². The molecular formula is C18H28N4O4. The number of carbonyl (C=O) groups is 2. The summed E-state index contributed by atoms with van der Waals surface area (Å²) in [6, 6.07) is 1.75. The molecule has 1 atom stereocenters. The fourth-order valence-electron chi connectivity index (χ4n) is 3.50. The van der Waals surface area contributed by atoms with Gasteiger partial charge in [0.15, 0.2) is 0 Å². The molecule has 0 saturated carbocycles. The van der Waals surface area contributed by atoms with Crippen molar-refractivity contribution < 1.29 is 19.1 Å². The second-order valence-corrected chi connectivity index (χ2v) is 6.90. The van der Waals surface area contributed by atoms with E-state index in [1.165, 1.54) is 0 Å². The maximum atomic E-state index is 12.4. The van der Waals surface area contributed by atoms with Crippen LogP contribution in [0.4, 0.5) is 0 Å². The first kappa shape index (κ1) is 18.8. The van der Waals surface area contributed by atoms with Crippen LogP contribution < -0.4 is 5.32 Å². The van der Waals surface area contributed by atoms with E-state index in [9.17, 15) is 9.59 Å². The quantitative estimate of drug-likeness (QED) is 0.771. The van der Waals surface area contributed by atoms with Crippen molar-refractivity contribution in [1.29, 1.82) is 0 Å². The van der Waals surface area contributed by atoms with Crippen LogP contribution in [-0.2, 0) is 25.6 Å². The number of ether oxygens (including phenoxy) is 2. The molecule has 8 heteroatoms. The van der Waals surface area contributed by atoms with E-state index in [1.54, 1.807) is 11.1 Å². The zero-order valence-corrected chi connectivity index (χ0v) is 15.4. The molecule has 2 aliphatic rings. The minimum Gasteiger partial charge on any atom is -0.381 e. The molecule has 1 aromatic rings. The molecule has 0 radical (unpaired) electrons. The van der Waals surface area contributed by atoms with Gasteiger partial charge in [-0.15, -0.1) is 0 Å². The molecule has 3 heterocycles. The van der Waals surface area contributed by atoms with Crippen molar-refractivity contribution in [2.45, 2.75) is 38.8 Å². The molecule has 2 aliphatic heterocycles. The van der Waals surface area contributed by atoms with Gasteiger partial charge in [-0.3, -0.25) is 14.3 Å². The van der Waals surface area contributed by atoms with E-state index in [4.69, 9.17) is 9.47 Å². The molecule has 0 bridgehead atoms. The van der Waals surface area contributed by atoms with Crippen molar-refractivity contribution >= 4 is 11.8 Å². The Balaban J connectivity index is 1.55. The lowest BCUT2D eigenvalue weighted by molar-refractivity contribution is -0.138. The Morgan fingerprint density at radius 3 is 2.96 bits per heavy atom. The summed E-state index contributed by atoms with van der Waals surface area (Å²) in [5.41, 5.74) is 0.948. The smallest absolute Gasteiger partial charge is 0.248 e. The molecule has 1 N–H and O–H groups in total. The summed E-state index contributed by atoms with van der Waals surface area (Å²) < 4.78 is 12.5. The SMILES string of the molecule is CCOCC(=O)N1Cc2ccnn2C(CC(=O)NCC2CCOCC2)C1. The van der Waals surface area contributed by atoms with Crippen molar-refractivity contribution in [1.82, 2.24) is 20.0 Å². The van der Waals surface area contributed by atoms with Gasteiger partial charge >= 0.3 is 0 Å². The Hall–Kier alpha value is -1.93. The number of nitrogens with zero attached hydrogens (tertiary/aromatic N) is 3. The Kier molecular flexibility index (Phi) is 6.62. The van der Waals surface area contributed by atoms with Gasteiger partial charge in [-0.1, -0.05) is 0 Å². The summed E-state index contributed by atoms with van der Waals surface area (Å²) in [6.45, 7) is 5.67. The fourth-order valence-corrected chi connectivity index (χ4v) is 3.50. The van der Waals surface area contributed by atoms with Crippen molar-refractivity contribution in [3.63, 3.8) is 0 Å².